The first-order valence-corrected chi connectivity index (χ1v) is 11.3. The number of rotatable bonds is 6. The molecule has 1 aliphatic heterocycles. The van der Waals surface area contributed by atoms with Crippen LogP contribution in [0.5, 0.6) is 11.6 Å². The lowest BCUT2D eigenvalue weighted by Gasteiger charge is -2.29. The quantitative estimate of drug-likeness (QED) is 0.366. The molecule has 9 nitrogen and oxygen atoms in total. The number of hydrogen-bond donors (Lipinski definition) is 3. The summed E-state index contributed by atoms with van der Waals surface area (Å²) in [6.45, 7) is 3.11. The molecule has 0 unspecified atom stereocenters. The first-order chi connectivity index (χ1) is 16.5. The summed E-state index contributed by atoms with van der Waals surface area (Å²) in [6.07, 6.45) is 3.38. The molecule has 0 aliphatic carbocycles. The minimum atomic E-state index is 0.159. The number of methoxy groups -OCH3 is 1. The average Bonchev–Trinajstić information content (AvgIpc) is 3.16. The van der Waals surface area contributed by atoms with Gasteiger partial charge in [-0.3, -0.25) is 0 Å². The number of hydrogen-bond acceptors (Lipinski definition) is 8. The summed E-state index contributed by atoms with van der Waals surface area (Å²) in [5.41, 5.74) is 2.49. The van der Waals surface area contributed by atoms with Gasteiger partial charge < -0.3 is 34.7 Å². The van der Waals surface area contributed by atoms with Gasteiger partial charge in [0, 0.05) is 43.5 Å². The summed E-state index contributed by atoms with van der Waals surface area (Å²) >= 11 is 6.39. The molecule has 1 fully saturated rings. The Kier molecular flexibility index (Phi) is 6.04. The maximum absolute atomic E-state index is 10.5. The highest BCUT2D eigenvalue weighted by Crippen LogP contribution is 2.36. The van der Waals surface area contributed by atoms with Crippen molar-refractivity contribution in [1.29, 1.82) is 0 Å². The van der Waals surface area contributed by atoms with Crippen LogP contribution in [0.15, 0.2) is 48.8 Å². The average molecular weight is 481 g/mol. The molecule has 1 aliphatic rings. The zero-order valence-corrected chi connectivity index (χ0v) is 19.6. The van der Waals surface area contributed by atoms with E-state index in [2.05, 4.69) is 25.5 Å². The molecule has 0 radical (unpaired) electrons. The van der Waals surface area contributed by atoms with E-state index in [1.54, 1.807) is 18.7 Å². The number of morpholine rings is 1. The molecule has 176 valence electrons. The van der Waals surface area contributed by atoms with Crippen molar-refractivity contribution in [2.24, 2.45) is 7.05 Å². The maximum atomic E-state index is 10.5. The molecule has 0 spiro atoms. The fourth-order valence-electron chi connectivity index (χ4n) is 4.04. The van der Waals surface area contributed by atoms with Gasteiger partial charge in [-0.2, -0.15) is 4.98 Å². The van der Waals surface area contributed by atoms with Crippen LogP contribution in [0.25, 0.3) is 10.8 Å². The summed E-state index contributed by atoms with van der Waals surface area (Å²) in [5.74, 6) is 1.61. The van der Waals surface area contributed by atoms with Crippen molar-refractivity contribution in [1.82, 2.24) is 14.5 Å². The molecule has 0 atom stereocenters. The largest absolute Gasteiger partial charge is 0.494 e. The Morgan fingerprint density at radius 2 is 1.94 bits per heavy atom. The van der Waals surface area contributed by atoms with Gasteiger partial charge in [0.15, 0.2) is 5.82 Å². The third-order valence-electron chi connectivity index (χ3n) is 5.79. The van der Waals surface area contributed by atoms with E-state index >= 15 is 0 Å². The van der Waals surface area contributed by atoms with E-state index in [1.165, 1.54) is 6.20 Å². The van der Waals surface area contributed by atoms with Gasteiger partial charge in [-0.05, 0) is 18.2 Å². The van der Waals surface area contributed by atoms with Crippen LogP contribution in [0.4, 0.5) is 28.8 Å². The SMILES string of the molecule is COc1cc(N2CCOCC2)ccc1Nc1ncc(Cl)c(Nc2cccc3cn(C)c(O)c23)n1. The number of aromatic nitrogens is 3. The smallest absolute Gasteiger partial charge is 0.229 e. The van der Waals surface area contributed by atoms with Crippen molar-refractivity contribution in [3.8, 4) is 11.6 Å². The van der Waals surface area contributed by atoms with Gasteiger partial charge >= 0.3 is 0 Å². The monoisotopic (exact) mass is 480 g/mol. The van der Waals surface area contributed by atoms with E-state index in [0.717, 1.165) is 29.9 Å². The van der Waals surface area contributed by atoms with Crippen LogP contribution in [0, 0.1) is 0 Å². The highest BCUT2D eigenvalue weighted by Gasteiger charge is 2.16. The van der Waals surface area contributed by atoms with Gasteiger partial charge in [0.25, 0.3) is 0 Å². The number of aromatic hydroxyl groups is 1. The van der Waals surface area contributed by atoms with Crippen molar-refractivity contribution >= 4 is 51.2 Å². The maximum Gasteiger partial charge on any atom is 0.229 e. The molecule has 0 bridgehead atoms. The molecule has 34 heavy (non-hydrogen) atoms. The Morgan fingerprint density at radius 3 is 2.74 bits per heavy atom. The molecule has 0 saturated carbocycles. The van der Waals surface area contributed by atoms with E-state index in [0.29, 0.717) is 46.8 Å². The lowest BCUT2D eigenvalue weighted by molar-refractivity contribution is 0.122. The molecule has 4 aromatic rings. The Labute approximate surface area is 201 Å². The molecule has 1 saturated heterocycles. The van der Waals surface area contributed by atoms with Crippen LogP contribution < -0.4 is 20.3 Å². The van der Waals surface area contributed by atoms with Crippen LogP contribution in [-0.4, -0.2) is 53.1 Å². The second-order valence-corrected chi connectivity index (χ2v) is 8.36. The molecule has 5 rings (SSSR count). The van der Waals surface area contributed by atoms with Gasteiger partial charge in [-0.25, -0.2) is 4.98 Å². The van der Waals surface area contributed by atoms with Crippen molar-refractivity contribution < 1.29 is 14.6 Å². The van der Waals surface area contributed by atoms with Gasteiger partial charge in [0.1, 0.15) is 10.8 Å². The van der Waals surface area contributed by atoms with Crippen LogP contribution in [0.1, 0.15) is 0 Å². The molecule has 3 N–H and O–H groups in total. The first kappa shape index (κ1) is 22.1. The summed E-state index contributed by atoms with van der Waals surface area (Å²) in [4.78, 5) is 11.1. The summed E-state index contributed by atoms with van der Waals surface area (Å²) in [5, 5.41) is 18.9. The standard InChI is InChI=1S/C24H25ClN6O3/c1-30-14-15-4-3-5-19(21(15)23(30)32)27-22-17(25)13-26-24(29-22)28-18-7-6-16(12-20(18)33-2)31-8-10-34-11-9-31/h3-7,12-14,32H,8-11H2,1-2H3,(H2,26,27,28,29). The molecule has 0 amide bonds. The number of halogens is 1. The normalized spacial score (nSPS) is 13.8. The Bertz CT molecular complexity index is 1340. The van der Waals surface area contributed by atoms with Crippen LogP contribution in [-0.2, 0) is 11.8 Å². The predicted molar refractivity (Wildman–Crippen MR) is 134 cm³/mol. The summed E-state index contributed by atoms with van der Waals surface area (Å²) in [7, 11) is 3.42. The van der Waals surface area contributed by atoms with Crippen molar-refractivity contribution in [2.75, 3.05) is 48.9 Å². The van der Waals surface area contributed by atoms with E-state index in [9.17, 15) is 5.11 Å². The predicted octanol–water partition coefficient (Wildman–Crippen LogP) is 4.66. The number of nitrogens with zero attached hydrogens (tertiary/aromatic N) is 4. The fourth-order valence-corrected chi connectivity index (χ4v) is 4.18. The minimum absolute atomic E-state index is 0.159. The lowest BCUT2D eigenvalue weighted by atomic mass is 10.2. The summed E-state index contributed by atoms with van der Waals surface area (Å²) in [6, 6.07) is 11.7. The van der Waals surface area contributed by atoms with Crippen molar-refractivity contribution in [3.63, 3.8) is 0 Å². The van der Waals surface area contributed by atoms with Crippen LogP contribution >= 0.6 is 11.6 Å². The van der Waals surface area contributed by atoms with Crippen molar-refractivity contribution in [2.45, 2.75) is 0 Å². The molecule has 3 heterocycles. The van der Waals surface area contributed by atoms with E-state index in [-0.39, 0.29) is 5.88 Å². The fraction of sp³-hybridized carbons (Fsp3) is 0.250. The van der Waals surface area contributed by atoms with Crippen LogP contribution in [0.2, 0.25) is 5.02 Å². The zero-order valence-electron chi connectivity index (χ0n) is 18.9. The second-order valence-electron chi connectivity index (χ2n) is 7.96. The molecular formula is C24H25ClN6O3. The van der Waals surface area contributed by atoms with Gasteiger partial charge in [0.2, 0.25) is 11.8 Å². The number of benzene rings is 2. The van der Waals surface area contributed by atoms with E-state index in [1.807, 2.05) is 42.6 Å². The topological polar surface area (TPSA) is 96.7 Å². The Balaban J connectivity index is 1.41. The molecular weight excluding hydrogens is 456 g/mol. The molecule has 2 aromatic heterocycles. The number of aryl methyl sites for hydroxylation is 1. The zero-order chi connectivity index (χ0) is 23.7. The number of anilines is 5. The second kappa shape index (κ2) is 9.28. The molecule has 10 heteroatoms. The first-order valence-electron chi connectivity index (χ1n) is 10.9. The van der Waals surface area contributed by atoms with E-state index < -0.39 is 0 Å². The van der Waals surface area contributed by atoms with Gasteiger partial charge in [-0.1, -0.05) is 23.7 Å². The van der Waals surface area contributed by atoms with Gasteiger partial charge in [-0.15, -0.1) is 0 Å². The summed E-state index contributed by atoms with van der Waals surface area (Å²) < 4.78 is 12.7. The molecule has 2 aromatic carbocycles. The Morgan fingerprint density at radius 1 is 1.12 bits per heavy atom. The Hall–Kier alpha value is -3.69. The van der Waals surface area contributed by atoms with E-state index in [4.69, 9.17) is 21.1 Å². The number of ether oxygens (including phenoxy) is 2. The lowest BCUT2D eigenvalue weighted by Crippen LogP contribution is -2.36. The number of fused-ring (bicyclic) bond motifs is 1. The highest BCUT2D eigenvalue weighted by molar-refractivity contribution is 6.33. The van der Waals surface area contributed by atoms with Crippen LogP contribution in [0.3, 0.4) is 0 Å². The van der Waals surface area contributed by atoms with Gasteiger partial charge in [0.05, 0.1) is 43.3 Å². The van der Waals surface area contributed by atoms with Crippen molar-refractivity contribution in [3.05, 3.63) is 53.8 Å². The number of nitrogens with one attached hydrogen (secondary N) is 2. The third kappa shape index (κ3) is 4.27. The highest BCUT2D eigenvalue weighted by atomic mass is 35.5. The third-order valence-corrected chi connectivity index (χ3v) is 6.07. The minimum Gasteiger partial charge on any atom is -0.494 e.